The lowest BCUT2D eigenvalue weighted by Gasteiger charge is -2.07. The summed E-state index contributed by atoms with van der Waals surface area (Å²) in [7, 11) is -9.68. The SMILES string of the molecule is O.O=C(O)C(=O)C(O)P(=O)(O)O.O=C(O)C(=O)CO.O=P(O)(O)O. The molecule has 144 valence electrons. The number of aliphatic carboxylic acids is 2. The fourth-order valence-electron chi connectivity index (χ4n) is 0.331. The lowest BCUT2D eigenvalue weighted by molar-refractivity contribution is -0.151. The Labute approximate surface area is 131 Å². The maximum Gasteiger partial charge on any atom is 0.466 e. The second kappa shape index (κ2) is 12.8. The highest BCUT2D eigenvalue weighted by Crippen LogP contribution is 2.39. The number of aliphatic hydroxyl groups is 2. The van der Waals surface area contributed by atoms with Crippen LogP contribution in [0.15, 0.2) is 0 Å². The maximum absolute atomic E-state index is 10.1. The Morgan fingerprint density at radius 2 is 1.12 bits per heavy atom. The first-order valence-corrected chi connectivity index (χ1v) is 7.85. The standard InChI is InChI=1S/C3H5O7P.C3H4O4.H3O4P.H2O/c4-1(2(5)6)3(7)11(8,9)10;4-1-2(5)3(6)7;1-5(2,3)4;/h3,7H,(H,5,6)(H2,8,9,10);4H,1H2,(H,6,7);(H3,1,2,3,4);1H2. The summed E-state index contributed by atoms with van der Waals surface area (Å²) < 4.78 is 18.9. The van der Waals surface area contributed by atoms with Crippen LogP contribution in [-0.4, -0.2) is 86.3 Å². The van der Waals surface area contributed by atoms with Crippen molar-refractivity contribution in [3.05, 3.63) is 0 Å². The van der Waals surface area contributed by atoms with E-state index < -0.39 is 51.4 Å². The van der Waals surface area contributed by atoms with Gasteiger partial charge in [0, 0.05) is 0 Å². The second-order valence-corrected chi connectivity index (χ2v) is 5.73. The van der Waals surface area contributed by atoms with E-state index in [0.29, 0.717) is 0 Å². The van der Waals surface area contributed by atoms with Crippen molar-refractivity contribution in [2.75, 3.05) is 6.61 Å². The summed E-state index contributed by atoms with van der Waals surface area (Å²) in [6.07, 6.45) is 0. The van der Waals surface area contributed by atoms with Gasteiger partial charge in [-0.3, -0.25) is 14.2 Å². The minimum Gasteiger partial charge on any atom is -0.475 e. The van der Waals surface area contributed by atoms with Gasteiger partial charge in [-0.15, -0.1) is 0 Å². The Morgan fingerprint density at radius 3 is 1.17 bits per heavy atom. The van der Waals surface area contributed by atoms with Crippen molar-refractivity contribution in [3.8, 4) is 0 Å². The largest absolute Gasteiger partial charge is 0.475 e. The molecule has 0 saturated carbocycles. The van der Waals surface area contributed by atoms with Gasteiger partial charge >= 0.3 is 27.4 Å². The normalized spacial score (nSPS) is 11.3. The van der Waals surface area contributed by atoms with Crippen LogP contribution in [0.2, 0.25) is 0 Å². The molecule has 0 aliphatic rings. The molecule has 0 fully saturated rings. The number of aliphatic hydroxyl groups excluding tert-OH is 2. The summed E-state index contributed by atoms with van der Waals surface area (Å²) in [5, 5.41) is 31.6. The van der Waals surface area contributed by atoms with Crippen LogP contribution in [0.4, 0.5) is 0 Å². The molecule has 0 rings (SSSR count). The van der Waals surface area contributed by atoms with E-state index in [0.717, 1.165) is 0 Å². The summed E-state index contributed by atoms with van der Waals surface area (Å²) >= 11 is 0. The molecule has 1 unspecified atom stereocenters. The summed E-state index contributed by atoms with van der Waals surface area (Å²) in [5.41, 5.74) is 0. The molecule has 16 nitrogen and oxygen atoms in total. The van der Waals surface area contributed by atoms with Crippen molar-refractivity contribution in [3.63, 3.8) is 0 Å². The van der Waals surface area contributed by atoms with Crippen LogP contribution in [0, 0.1) is 0 Å². The highest BCUT2D eigenvalue weighted by atomic mass is 31.2. The van der Waals surface area contributed by atoms with Gasteiger partial charge in [0.2, 0.25) is 5.85 Å². The van der Waals surface area contributed by atoms with Crippen molar-refractivity contribution in [2.45, 2.75) is 5.85 Å². The van der Waals surface area contributed by atoms with Gasteiger partial charge in [-0.25, -0.2) is 14.2 Å². The minimum absolute atomic E-state index is 0. The number of rotatable bonds is 5. The number of phosphoric acid groups is 1. The zero-order chi connectivity index (χ0) is 19.6. The highest BCUT2D eigenvalue weighted by molar-refractivity contribution is 7.53. The first-order valence-electron chi connectivity index (χ1n) is 4.60. The molecule has 0 amide bonds. The number of hydrogen-bond acceptors (Lipinski definition) is 8. The number of carboxylic acid groups (broad SMARTS) is 2. The Hall–Kier alpha value is -1.58. The third kappa shape index (κ3) is 22.7. The minimum atomic E-state index is -5.04. The zero-order valence-electron chi connectivity index (χ0n) is 11.2. The Bertz CT molecular complexity index is 516. The molecule has 0 aromatic heterocycles. The van der Waals surface area contributed by atoms with Gasteiger partial charge < -0.3 is 50.4 Å². The molecule has 0 aromatic rings. The molecule has 0 radical (unpaired) electrons. The lowest BCUT2D eigenvalue weighted by Crippen LogP contribution is -2.27. The third-order valence-corrected chi connectivity index (χ3v) is 2.02. The van der Waals surface area contributed by atoms with Gasteiger partial charge in [-0.05, 0) is 0 Å². The van der Waals surface area contributed by atoms with E-state index >= 15 is 0 Å². The Kier molecular flexibility index (Phi) is 16.2. The summed E-state index contributed by atoms with van der Waals surface area (Å²) in [6.45, 7) is -0.921. The topological polar surface area (TPSA) is 316 Å². The first-order chi connectivity index (χ1) is 9.95. The molecule has 0 spiro atoms. The van der Waals surface area contributed by atoms with Gasteiger partial charge in [0.25, 0.3) is 11.6 Å². The highest BCUT2D eigenvalue weighted by Gasteiger charge is 2.37. The number of Topliss-reactive ketones (excluding diaryl/α,β-unsaturated/α-hetero) is 2. The predicted octanol–water partition coefficient (Wildman–Crippen LogP) is -4.98. The average Bonchev–Trinajstić information content (AvgIpc) is 2.33. The quantitative estimate of drug-likeness (QED) is 0.153. The molecule has 0 aliphatic heterocycles. The average molecular weight is 404 g/mol. The molecule has 18 heteroatoms. The van der Waals surface area contributed by atoms with E-state index in [1.807, 2.05) is 0 Å². The van der Waals surface area contributed by atoms with Crippen LogP contribution in [0.25, 0.3) is 0 Å². The van der Waals surface area contributed by atoms with Gasteiger partial charge in [-0.1, -0.05) is 0 Å². The first kappa shape index (κ1) is 30.3. The molecule has 24 heavy (non-hydrogen) atoms. The molecule has 0 heterocycles. The van der Waals surface area contributed by atoms with Crippen LogP contribution in [0.5, 0.6) is 0 Å². The smallest absolute Gasteiger partial charge is 0.466 e. The lowest BCUT2D eigenvalue weighted by atomic mass is 10.4. The summed E-state index contributed by atoms with van der Waals surface area (Å²) in [4.78, 5) is 76.7. The molecule has 0 bridgehead atoms. The van der Waals surface area contributed by atoms with Crippen molar-refractivity contribution >= 4 is 38.9 Å². The number of ketones is 2. The van der Waals surface area contributed by atoms with Crippen LogP contribution in [-0.2, 0) is 28.3 Å². The fourth-order valence-corrected chi connectivity index (χ4v) is 0.747. The van der Waals surface area contributed by atoms with Crippen LogP contribution in [0.3, 0.4) is 0 Å². The van der Waals surface area contributed by atoms with Crippen molar-refractivity contribution in [1.29, 1.82) is 0 Å². The predicted molar refractivity (Wildman–Crippen MR) is 68.3 cm³/mol. The van der Waals surface area contributed by atoms with E-state index in [1.54, 1.807) is 0 Å². The molecule has 0 saturated heterocycles. The fraction of sp³-hybridized carbons (Fsp3) is 0.333. The summed E-state index contributed by atoms with van der Waals surface area (Å²) in [5.74, 6) is -9.54. The molecular formula is C6H14O16P2. The van der Waals surface area contributed by atoms with Crippen LogP contribution in [0.1, 0.15) is 0 Å². The van der Waals surface area contributed by atoms with E-state index in [9.17, 15) is 23.7 Å². The van der Waals surface area contributed by atoms with Crippen LogP contribution < -0.4 is 0 Å². The zero-order valence-corrected chi connectivity index (χ0v) is 12.9. The Balaban J connectivity index is -0.000000133. The van der Waals surface area contributed by atoms with Gasteiger partial charge in [-0.2, -0.15) is 0 Å². The van der Waals surface area contributed by atoms with Gasteiger partial charge in [0.15, 0.2) is 0 Å². The van der Waals surface area contributed by atoms with Gasteiger partial charge in [0.1, 0.15) is 6.61 Å². The van der Waals surface area contributed by atoms with Crippen molar-refractivity contribution in [1.82, 2.24) is 0 Å². The van der Waals surface area contributed by atoms with E-state index in [1.165, 1.54) is 0 Å². The van der Waals surface area contributed by atoms with Crippen LogP contribution >= 0.6 is 15.4 Å². The monoisotopic (exact) mass is 404 g/mol. The van der Waals surface area contributed by atoms with Gasteiger partial charge in [0.05, 0.1) is 0 Å². The molecular weight excluding hydrogens is 390 g/mol. The number of carboxylic acids is 2. The summed E-state index contributed by atoms with van der Waals surface area (Å²) in [6, 6.07) is 0. The third-order valence-electron chi connectivity index (χ3n) is 1.15. The molecule has 0 aromatic carbocycles. The van der Waals surface area contributed by atoms with Crippen molar-refractivity contribution in [2.24, 2.45) is 0 Å². The van der Waals surface area contributed by atoms with E-state index in [2.05, 4.69) is 0 Å². The Morgan fingerprint density at radius 1 is 0.833 bits per heavy atom. The molecule has 1 atom stereocenters. The van der Waals surface area contributed by atoms with E-state index in [4.69, 9.17) is 49.5 Å². The maximum atomic E-state index is 10.1. The number of carbonyl (C=O) groups excluding carboxylic acids is 2. The van der Waals surface area contributed by atoms with Crippen molar-refractivity contribution < 1.29 is 78.7 Å². The number of carbonyl (C=O) groups is 4. The molecule has 11 N–H and O–H groups in total. The molecule has 0 aliphatic carbocycles. The van der Waals surface area contributed by atoms with E-state index in [-0.39, 0.29) is 5.48 Å². The second-order valence-electron chi connectivity index (χ2n) is 3.03. The number of hydrogen-bond donors (Lipinski definition) is 9.